The third kappa shape index (κ3) is 9.59. The zero-order valence-corrected chi connectivity index (χ0v) is 23.4. The lowest BCUT2D eigenvalue weighted by molar-refractivity contribution is -0.138. The Bertz CT molecular complexity index is 1410. The average Bonchev–Trinajstić information content (AvgIpc) is 3.01. The van der Waals surface area contributed by atoms with E-state index >= 15 is 0 Å². The van der Waals surface area contributed by atoms with Crippen LogP contribution in [0, 0.1) is 0 Å². The van der Waals surface area contributed by atoms with Crippen molar-refractivity contribution in [1.29, 1.82) is 0 Å². The zero-order valence-electron chi connectivity index (χ0n) is 23.4. The summed E-state index contributed by atoms with van der Waals surface area (Å²) in [5.41, 5.74) is 3.60. The molecule has 2 atom stereocenters. The molecule has 1 heterocycles. The molecule has 216 valence electrons. The van der Waals surface area contributed by atoms with Crippen molar-refractivity contribution in [3.8, 4) is 11.1 Å². The molecule has 0 aliphatic heterocycles. The van der Waals surface area contributed by atoms with Crippen LogP contribution < -0.4 is 16.0 Å². The van der Waals surface area contributed by atoms with Gasteiger partial charge in [0.2, 0.25) is 11.8 Å². The van der Waals surface area contributed by atoms with Crippen molar-refractivity contribution in [1.82, 2.24) is 15.6 Å². The number of carbonyl (C=O) groups excluding carboxylic acids is 2. The number of pyridine rings is 1. The molecule has 0 saturated heterocycles. The van der Waals surface area contributed by atoms with Crippen LogP contribution >= 0.6 is 0 Å². The molecule has 0 aliphatic rings. The molecule has 0 fully saturated rings. The van der Waals surface area contributed by atoms with Crippen molar-refractivity contribution in [2.24, 2.45) is 0 Å². The quantitative estimate of drug-likeness (QED) is 0.144. The number of carboxylic acid groups (broad SMARTS) is 1. The molecule has 0 aliphatic carbocycles. The molecule has 8 heteroatoms. The summed E-state index contributed by atoms with van der Waals surface area (Å²) in [4.78, 5) is 42.3. The monoisotopic (exact) mass is 564 g/mol. The van der Waals surface area contributed by atoms with Gasteiger partial charge in [-0.1, -0.05) is 91.0 Å². The molecular weight excluding hydrogens is 528 g/mol. The molecule has 2 amide bonds. The second kappa shape index (κ2) is 15.7. The van der Waals surface area contributed by atoms with Gasteiger partial charge in [-0.25, -0.2) is 4.98 Å². The van der Waals surface area contributed by atoms with Crippen molar-refractivity contribution in [3.63, 3.8) is 0 Å². The normalized spacial score (nSPS) is 12.1. The van der Waals surface area contributed by atoms with Gasteiger partial charge in [0.15, 0.2) is 0 Å². The van der Waals surface area contributed by atoms with E-state index in [1.807, 2.05) is 103 Å². The van der Waals surface area contributed by atoms with Gasteiger partial charge >= 0.3 is 5.97 Å². The Balaban J connectivity index is 1.39. The minimum absolute atomic E-state index is 0.231. The third-order valence-electron chi connectivity index (χ3n) is 6.85. The predicted molar refractivity (Wildman–Crippen MR) is 164 cm³/mol. The molecule has 3 aromatic carbocycles. The van der Waals surface area contributed by atoms with E-state index in [0.717, 1.165) is 28.9 Å². The Morgan fingerprint density at radius 1 is 0.738 bits per heavy atom. The Morgan fingerprint density at radius 3 is 2.07 bits per heavy atom. The highest BCUT2D eigenvalue weighted by molar-refractivity contribution is 5.88. The summed E-state index contributed by atoms with van der Waals surface area (Å²) in [7, 11) is 0. The van der Waals surface area contributed by atoms with Crippen LogP contribution in [-0.2, 0) is 20.8 Å². The van der Waals surface area contributed by atoms with E-state index in [1.165, 1.54) is 0 Å². The van der Waals surface area contributed by atoms with Gasteiger partial charge in [0.05, 0.1) is 12.5 Å². The van der Waals surface area contributed by atoms with Gasteiger partial charge in [-0.05, 0) is 47.2 Å². The number of carbonyl (C=O) groups is 3. The largest absolute Gasteiger partial charge is 0.481 e. The standard InChI is InChI=1S/C34H36N4O4/c39-32(16-8-10-22-36-31-15-7-9-21-35-31)37-30(23-25-11-3-1-4-12-25)34(42)38-29(24-33(40)41)28-19-17-27(18-20-28)26-13-5-2-6-14-26/h1-7,9,11-15,17-21,29-30H,8,10,16,22-24H2,(H,35,36)(H,37,39)(H,38,42)(H,40,41)/t29?,30-/m0/s1. The lowest BCUT2D eigenvalue weighted by Crippen LogP contribution is -2.49. The van der Waals surface area contributed by atoms with Gasteiger partial charge in [0.25, 0.3) is 0 Å². The highest BCUT2D eigenvalue weighted by Gasteiger charge is 2.26. The van der Waals surface area contributed by atoms with Gasteiger partial charge in [-0.3, -0.25) is 14.4 Å². The Hall–Kier alpha value is -4.98. The second-order valence-electron chi connectivity index (χ2n) is 10.1. The summed E-state index contributed by atoms with van der Waals surface area (Å²) >= 11 is 0. The average molecular weight is 565 g/mol. The fraction of sp³-hybridized carbons (Fsp3) is 0.235. The van der Waals surface area contributed by atoms with Gasteiger partial charge in [-0.2, -0.15) is 0 Å². The molecule has 8 nitrogen and oxygen atoms in total. The fourth-order valence-corrected chi connectivity index (χ4v) is 4.66. The molecule has 0 bridgehead atoms. The highest BCUT2D eigenvalue weighted by atomic mass is 16.4. The summed E-state index contributed by atoms with van der Waals surface area (Å²) in [6.45, 7) is 0.679. The van der Waals surface area contributed by atoms with Crippen LogP contribution in [0.1, 0.15) is 42.9 Å². The number of rotatable bonds is 15. The van der Waals surface area contributed by atoms with Crippen molar-refractivity contribution in [2.45, 2.75) is 44.2 Å². The van der Waals surface area contributed by atoms with Gasteiger partial charge in [-0.15, -0.1) is 0 Å². The third-order valence-corrected chi connectivity index (χ3v) is 6.85. The molecule has 0 saturated carbocycles. The van der Waals surface area contributed by atoms with Gasteiger partial charge in [0, 0.05) is 25.6 Å². The van der Waals surface area contributed by atoms with Gasteiger partial charge < -0.3 is 21.1 Å². The van der Waals surface area contributed by atoms with E-state index < -0.39 is 24.0 Å². The SMILES string of the molecule is O=C(O)CC(NC(=O)[C@H](Cc1ccccc1)NC(=O)CCCCNc1ccccn1)c1ccc(-c2ccccc2)cc1. The number of unbranched alkanes of at least 4 members (excludes halogenated alkanes) is 1. The van der Waals surface area contributed by atoms with Crippen LogP contribution in [0.5, 0.6) is 0 Å². The molecule has 1 aromatic heterocycles. The number of anilines is 1. The first-order valence-corrected chi connectivity index (χ1v) is 14.1. The number of aromatic nitrogens is 1. The van der Waals surface area contributed by atoms with E-state index in [4.69, 9.17) is 0 Å². The molecule has 42 heavy (non-hydrogen) atoms. The summed E-state index contributed by atoms with van der Waals surface area (Å²) < 4.78 is 0. The number of amides is 2. The van der Waals surface area contributed by atoms with Crippen LogP contribution in [0.2, 0.25) is 0 Å². The minimum Gasteiger partial charge on any atom is -0.481 e. The molecular formula is C34H36N4O4. The van der Waals surface area contributed by atoms with E-state index in [2.05, 4.69) is 20.9 Å². The molecule has 0 radical (unpaired) electrons. The Labute approximate surface area is 246 Å². The van der Waals surface area contributed by atoms with Crippen LogP contribution in [0.3, 0.4) is 0 Å². The Kier molecular flexibility index (Phi) is 11.2. The number of nitrogens with zero attached hydrogens (tertiary/aromatic N) is 1. The van der Waals surface area contributed by atoms with E-state index in [-0.39, 0.29) is 25.2 Å². The topological polar surface area (TPSA) is 120 Å². The maximum absolute atomic E-state index is 13.5. The van der Waals surface area contributed by atoms with Crippen LogP contribution in [0.25, 0.3) is 11.1 Å². The Morgan fingerprint density at radius 2 is 1.40 bits per heavy atom. The smallest absolute Gasteiger partial charge is 0.305 e. The van der Waals surface area contributed by atoms with Crippen LogP contribution in [0.15, 0.2) is 109 Å². The molecule has 4 rings (SSSR count). The first kappa shape index (κ1) is 30.0. The van der Waals surface area contributed by atoms with Crippen LogP contribution in [0.4, 0.5) is 5.82 Å². The maximum atomic E-state index is 13.5. The molecule has 1 unspecified atom stereocenters. The first-order valence-electron chi connectivity index (χ1n) is 14.1. The molecule has 0 spiro atoms. The molecule has 4 aromatic rings. The lowest BCUT2D eigenvalue weighted by atomic mass is 9.98. The first-order chi connectivity index (χ1) is 20.5. The number of nitrogens with one attached hydrogen (secondary N) is 3. The number of benzene rings is 3. The van der Waals surface area contributed by atoms with Crippen molar-refractivity contribution in [3.05, 3.63) is 120 Å². The summed E-state index contributed by atoms with van der Waals surface area (Å²) in [6, 6.07) is 30.8. The number of carboxylic acids is 1. The highest BCUT2D eigenvalue weighted by Crippen LogP contribution is 2.24. The summed E-state index contributed by atoms with van der Waals surface area (Å²) in [5, 5.41) is 18.6. The van der Waals surface area contributed by atoms with Crippen molar-refractivity contribution < 1.29 is 19.5 Å². The number of hydrogen-bond donors (Lipinski definition) is 4. The number of hydrogen-bond acceptors (Lipinski definition) is 5. The zero-order chi connectivity index (χ0) is 29.6. The fourth-order valence-electron chi connectivity index (χ4n) is 4.66. The number of aliphatic carboxylic acids is 1. The molecule has 4 N–H and O–H groups in total. The maximum Gasteiger partial charge on any atom is 0.305 e. The second-order valence-corrected chi connectivity index (χ2v) is 10.1. The summed E-state index contributed by atoms with van der Waals surface area (Å²) in [5.74, 6) is -0.907. The lowest BCUT2D eigenvalue weighted by Gasteiger charge is -2.23. The predicted octanol–water partition coefficient (Wildman–Crippen LogP) is 5.39. The van der Waals surface area contributed by atoms with Crippen molar-refractivity contribution >= 4 is 23.6 Å². The van der Waals surface area contributed by atoms with E-state index in [0.29, 0.717) is 18.5 Å². The van der Waals surface area contributed by atoms with Crippen molar-refractivity contribution in [2.75, 3.05) is 11.9 Å². The van der Waals surface area contributed by atoms with Gasteiger partial charge in [0.1, 0.15) is 11.9 Å². The summed E-state index contributed by atoms with van der Waals surface area (Å²) in [6.07, 6.45) is 3.38. The minimum atomic E-state index is -1.03. The van der Waals surface area contributed by atoms with Crippen LogP contribution in [-0.4, -0.2) is 40.5 Å². The van der Waals surface area contributed by atoms with E-state index in [9.17, 15) is 19.5 Å². The van der Waals surface area contributed by atoms with E-state index in [1.54, 1.807) is 6.20 Å².